The molecule has 3 rings (SSSR count). The molecule has 1 N–H and O–H groups in total. The monoisotopic (exact) mass is 384 g/mol. The third-order valence-corrected chi connectivity index (χ3v) is 5.15. The molecular formula is C19H26ClFN2O3. The number of morpholine rings is 1. The van der Waals surface area contributed by atoms with E-state index in [2.05, 4.69) is 10.2 Å². The zero-order chi connectivity index (χ0) is 18.5. The van der Waals surface area contributed by atoms with Crippen molar-refractivity contribution < 1.29 is 18.7 Å². The Labute approximate surface area is 158 Å². The van der Waals surface area contributed by atoms with Crippen LogP contribution in [0.15, 0.2) is 18.2 Å². The zero-order valence-electron chi connectivity index (χ0n) is 15.0. The van der Waals surface area contributed by atoms with Crippen LogP contribution in [-0.4, -0.2) is 56.4 Å². The summed E-state index contributed by atoms with van der Waals surface area (Å²) in [5.74, 6) is 0.0629. The molecule has 0 bridgehead atoms. The summed E-state index contributed by atoms with van der Waals surface area (Å²) in [6, 6.07) is 4.32. The zero-order valence-corrected chi connectivity index (χ0v) is 15.8. The number of nitrogens with one attached hydrogen (secondary N) is 1. The second-order valence-corrected chi connectivity index (χ2v) is 7.50. The number of nitrogens with zero attached hydrogens (tertiary/aromatic N) is 1. The van der Waals surface area contributed by atoms with Crippen molar-refractivity contribution >= 4 is 17.5 Å². The molecule has 1 saturated heterocycles. The molecular weight excluding hydrogens is 359 g/mol. The van der Waals surface area contributed by atoms with Gasteiger partial charge in [0.15, 0.2) is 0 Å². The Hall–Kier alpha value is -1.21. The first kappa shape index (κ1) is 19.5. The number of carbonyl (C=O) groups is 1. The Kier molecular flexibility index (Phi) is 6.86. The van der Waals surface area contributed by atoms with E-state index in [0.29, 0.717) is 42.8 Å². The highest BCUT2D eigenvalue weighted by Crippen LogP contribution is 2.31. The van der Waals surface area contributed by atoms with E-state index in [1.54, 1.807) is 12.1 Å². The molecule has 1 aliphatic heterocycles. The van der Waals surface area contributed by atoms with Crippen molar-refractivity contribution in [2.24, 2.45) is 5.92 Å². The van der Waals surface area contributed by atoms with Gasteiger partial charge in [-0.2, -0.15) is 0 Å². The van der Waals surface area contributed by atoms with E-state index in [4.69, 9.17) is 21.1 Å². The third-order valence-electron chi connectivity index (χ3n) is 4.82. The van der Waals surface area contributed by atoms with Crippen LogP contribution in [-0.2, 0) is 14.3 Å². The Balaban J connectivity index is 1.65. The minimum atomic E-state index is -0.360. The van der Waals surface area contributed by atoms with E-state index in [0.717, 1.165) is 0 Å². The highest BCUT2D eigenvalue weighted by Gasteiger charge is 2.29. The fourth-order valence-electron chi connectivity index (χ4n) is 3.24. The number of carbonyl (C=O) groups excluding carboxylic acids is 1. The van der Waals surface area contributed by atoms with Gasteiger partial charge < -0.3 is 14.8 Å². The normalized spacial score (nSPS) is 22.2. The fraction of sp³-hybridized carbons (Fsp3) is 0.632. The molecule has 0 spiro atoms. The molecule has 0 radical (unpaired) electrons. The van der Waals surface area contributed by atoms with Crippen LogP contribution in [0.3, 0.4) is 0 Å². The van der Waals surface area contributed by atoms with Gasteiger partial charge in [-0.1, -0.05) is 17.7 Å². The van der Waals surface area contributed by atoms with Gasteiger partial charge in [-0.25, -0.2) is 4.39 Å². The molecule has 0 unspecified atom stereocenters. The molecule has 2 atom stereocenters. The molecule has 1 aromatic rings. The van der Waals surface area contributed by atoms with Crippen LogP contribution in [0.1, 0.15) is 31.4 Å². The van der Waals surface area contributed by atoms with Crippen LogP contribution in [0.25, 0.3) is 0 Å². The van der Waals surface area contributed by atoms with Crippen molar-refractivity contribution in [2.45, 2.75) is 31.9 Å². The number of rotatable bonds is 8. The molecule has 2 aliphatic rings. The minimum absolute atomic E-state index is 0.0355. The average molecular weight is 385 g/mol. The number of benzene rings is 1. The van der Waals surface area contributed by atoms with Gasteiger partial charge in [0.1, 0.15) is 12.4 Å². The highest BCUT2D eigenvalue weighted by atomic mass is 35.5. The maximum Gasteiger partial charge on any atom is 0.246 e. The van der Waals surface area contributed by atoms with E-state index in [1.807, 2.05) is 6.92 Å². The third kappa shape index (κ3) is 5.39. The summed E-state index contributed by atoms with van der Waals surface area (Å²) >= 11 is 6.29. The van der Waals surface area contributed by atoms with E-state index in [1.165, 1.54) is 18.9 Å². The second-order valence-electron chi connectivity index (χ2n) is 7.09. The SMILES string of the molecule is C[C@@H]1CN([C@H](CNC(=O)COCC2CC2)c2c(F)cccc2Cl)CCO1. The largest absolute Gasteiger partial charge is 0.376 e. The smallest absolute Gasteiger partial charge is 0.246 e. The van der Waals surface area contributed by atoms with Crippen molar-refractivity contribution in [3.05, 3.63) is 34.6 Å². The first-order valence-corrected chi connectivity index (χ1v) is 9.56. The molecule has 1 heterocycles. The van der Waals surface area contributed by atoms with Gasteiger partial charge in [0.25, 0.3) is 0 Å². The lowest BCUT2D eigenvalue weighted by atomic mass is 10.0. The maximum atomic E-state index is 14.5. The predicted molar refractivity (Wildman–Crippen MR) is 97.7 cm³/mol. The van der Waals surface area contributed by atoms with Crippen molar-refractivity contribution in [3.8, 4) is 0 Å². The van der Waals surface area contributed by atoms with Crippen LogP contribution in [0.4, 0.5) is 4.39 Å². The summed E-state index contributed by atoms with van der Waals surface area (Å²) in [7, 11) is 0. The van der Waals surface area contributed by atoms with Gasteiger partial charge in [-0.05, 0) is 37.8 Å². The predicted octanol–water partition coefficient (Wildman–Crippen LogP) is 2.78. The van der Waals surface area contributed by atoms with E-state index < -0.39 is 0 Å². The van der Waals surface area contributed by atoms with Crippen molar-refractivity contribution in [1.29, 1.82) is 0 Å². The molecule has 26 heavy (non-hydrogen) atoms. The molecule has 1 aromatic carbocycles. The van der Waals surface area contributed by atoms with Gasteiger partial charge in [0.2, 0.25) is 5.91 Å². The molecule has 2 fully saturated rings. The summed E-state index contributed by atoms with van der Waals surface area (Å²) in [6.45, 7) is 4.82. The topological polar surface area (TPSA) is 50.8 Å². The Bertz CT molecular complexity index is 607. The summed E-state index contributed by atoms with van der Waals surface area (Å²) in [5, 5.41) is 3.24. The lowest BCUT2D eigenvalue weighted by molar-refractivity contribution is -0.126. The standard InChI is InChI=1S/C19H26ClFN2O3/c1-13-10-23(7-8-26-13)17(19-15(20)3-2-4-16(19)21)9-22-18(24)12-25-11-14-5-6-14/h2-4,13-14,17H,5-12H2,1H3,(H,22,24)/t13-,17-/m1/s1. The van der Waals surface area contributed by atoms with Gasteiger partial charge in [-0.15, -0.1) is 0 Å². The summed E-state index contributed by atoms with van der Waals surface area (Å²) in [5.41, 5.74) is 0.419. The van der Waals surface area contributed by atoms with E-state index >= 15 is 0 Å². The highest BCUT2D eigenvalue weighted by molar-refractivity contribution is 6.31. The van der Waals surface area contributed by atoms with Crippen molar-refractivity contribution in [3.63, 3.8) is 0 Å². The first-order chi connectivity index (χ1) is 12.5. The second kappa shape index (κ2) is 9.13. The van der Waals surface area contributed by atoms with E-state index in [-0.39, 0.29) is 37.0 Å². The van der Waals surface area contributed by atoms with Crippen LogP contribution < -0.4 is 5.32 Å². The molecule has 5 nitrogen and oxygen atoms in total. The van der Waals surface area contributed by atoms with Crippen molar-refractivity contribution in [2.75, 3.05) is 39.5 Å². The average Bonchev–Trinajstić information content (AvgIpc) is 3.41. The lowest BCUT2D eigenvalue weighted by Gasteiger charge is -2.38. The Morgan fingerprint density at radius 1 is 1.50 bits per heavy atom. The summed E-state index contributed by atoms with van der Waals surface area (Å²) < 4.78 is 25.5. The molecule has 1 saturated carbocycles. The summed E-state index contributed by atoms with van der Waals surface area (Å²) in [6.07, 6.45) is 2.42. The number of amides is 1. The molecule has 144 valence electrons. The van der Waals surface area contributed by atoms with Gasteiger partial charge in [-0.3, -0.25) is 9.69 Å². The van der Waals surface area contributed by atoms with Crippen LogP contribution in [0, 0.1) is 11.7 Å². The summed E-state index contributed by atoms with van der Waals surface area (Å²) in [4.78, 5) is 14.2. The fourth-order valence-corrected chi connectivity index (χ4v) is 3.52. The van der Waals surface area contributed by atoms with Gasteiger partial charge >= 0.3 is 0 Å². The molecule has 0 aromatic heterocycles. The van der Waals surface area contributed by atoms with Crippen LogP contribution in [0.2, 0.25) is 5.02 Å². The van der Waals surface area contributed by atoms with Crippen LogP contribution >= 0.6 is 11.6 Å². The Morgan fingerprint density at radius 2 is 2.31 bits per heavy atom. The first-order valence-electron chi connectivity index (χ1n) is 9.18. The maximum absolute atomic E-state index is 14.5. The van der Waals surface area contributed by atoms with Crippen LogP contribution in [0.5, 0.6) is 0 Å². The number of ether oxygens (including phenoxy) is 2. The minimum Gasteiger partial charge on any atom is -0.376 e. The molecule has 1 aliphatic carbocycles. The van der Waals surface area contributed by atoms with Gasteiger partial charge in [0.05, 0.1) is 25.4 Å². The van der Waals surface area contributed by atoms with Crippen molar-refractivity contribution in [1.82, 2.24) is 10.2 Å². The number of hydrogen-bond acceptors (Lipinski definition) is 4. The van der Waals surface area contributed by atoms with E-state index in [9.17, 15) is 9.18 Å². The lowest BCUT2D eigenvalue weighted by Crippen LogP contribution is -2.47. The number of hydrogen-bond donors (Lipinski definition) is 1. The molecule has 7 heteroatoms. The number of halogens is 2. The quantitative estimate of drug-likeness (QED) is 0.748. The van der Waals surface area contributed by atoms with Gasteiger partial charge in [0, 0.05) is 30.2 Å². The Morgan fingerprint density at radius 3 is 3.00 bits per heavy atom. The molecule has 1 amide bonds.